The summed E-state index contributed by atoms with van der Waals surface area (Å²) >= 11 is 0. The third kappa shape index (κ3) is 2.41. The highest BCUT2D eigenvalue weighted by Crippen LogP contribution is 2.22. The Morgan fingerprint density at radius 1 is 1.23 bits per heavy atom. The summed E-state index contributed by atoms with van der Waals surface area (Å²) in [6.07, 6.45) is 0.729. The highest BCUT2D eigenvalue weighted by Gasteiger charge is 2.10. The average Bonchev–Trinajstić information content (AvgIpc) is 2.02. The van der Waals surface area contributed by atoms with Gasteiger partial charge in [0.15, 0.2) is 17.4 Å². The molecule has 1 nitrogen and oxygen atoms in total. The number of aryl methyl sites for hydroxylation is 1. The van der Waals surface area contributed by atoms with E-state index in [4.69, 9.17) is 4.74 Å². The van der Waals surface area contributed by atoms with Gasteiger partial charge in [-0.2, -0.15) is 0 Å². The summed E-state index contributed by atoms with van der Waals surface area (Å²) in [4.78, 5) is 0. The summed E-state index contributed by atoms with van der Waals surface area (Å²) in [6, 6.07) is 2.52. The van der Waals surface area contributed by atoms with Crippen LogP contribution >= 0.6 is 0 Å². The Morgan fingerprint density at radius 3 is 2.23 bits per heavy atom. The van der Waals surface area contributed by atoms with Crippen LogP contribution in [0.5, 0.6) is 5.75 Å². The van der Waals surface area contributed by atoms with E-state index < -0.39 is 11.6 Å². The van der Waals surface area contributed by atoms with E-state index in [1.165, 1.54) is 12.1 Å². The molecule has 0 aromatic heterocycles. The van der Waals surface area contributed by atoms with Crippen LogP contribution in [0.2, 0.25) is 0 Å². The highest BCUT2D eigenvalue weighted by atomic mass is 19.1. The number of hydrogen-bond donors (Lipinski definition) is 0. The Hall–Kier alpha value is -1.12. The fourth-order valence-corrected chi connectivity index (χ4v) is 1.03. The molecule has 13 heavy (non-hydrogen) atoms. The van der Waals surface area contributed by atoms with Crippen LogP contribution in [-0.4, -0.2) is 6.61 Å². The zero-order chi connectivity index (χ0) is 9.84. The fraction of sp³-hybridized carbons (Fsp3) is 0.400. The Kier molecular flexibility index (Phi) is 3.23. The molecule has 0 aliphatic carbocycles. The molecule has 0 aliphatic rings. The molecule has 1 aromatic carbocycles. The molecule has 72 valence electrons. The normalized spacial score (nSPS) is 10.2. The van der Waals surface area contributed by atoms with Crippen LogP contribution < -0.4 is 4.74 Å². The van der Waals surface area contributed by atoms with Gasteiger partial charge in [0.1, 0.15) is 0 Å². The number of halogens is 2. The van der Waals surface area contributed by atoms with Crippen molar-refractivity contribution in [2.24, 2.45) is 0 Å². The molecular weight excluding hydrogens is 174 g/mol. The van der Waals surface area contributed by atoms with E-state index in [0.29, 0.717) is 12.2 Å². The van der Waals surface area contributed by atoms with Gasteiger partial charge in [-0.25, -0.2) is 8.78 Å². The van der Waals surface area contributed by atoms with Gasteiger partial charge in [-0.05, 0) is 31.0 Å². The second kappa shape index (κ2) is 4.21. The van der Waals surface area contributed by atoms with E-state index in [1.807, 2.05) is 6.92 Å². The van der Waals surface area contributed by atoms with Crippen LogP contribution in [-0.2, 0) is 0 Å². The minimum atomic E-state index is -0.633. The number of ether oxygens (including phenoxy) is 1. The first-order chi connectivity index (χ1) is 6.15. The summed E-state index contributed by atoms with van der Waals surface area (Å²) < 4.78 is 31.1. The minimum absolute atomic E-state index is 0.271. The van der Waals surface area contributed by atoms with E-state index in [0.717, 1.165) is 6.42 Å². The van der Waals surface area contributed by atoms with Crippen molar-refractivity contribution in [3.05, 3.63) is 29.3 Å². The zero-order valence-corrected chi connectivity index (χ0v) is 7.73. The summed E-state index contributed by atoms with van der Waals surface area (Å²) in [5.41, 5.74) is 0.554. The molecule has 0 unspecified atom stereocenters. The molecule has 0 aliphatic heterocycles. The molecule has 1 aromatic rings. The van der Waals surface area contributed by atoms with Crippen LogP contribution in [0.25, 0.3) is 0 Å². The van der Waals surface area contributed by atoms with Crippen molar-refractivity contribution in [2.75, 3.05) is 6.61 Å². The third-order valence-electron chi connectivity index (χ3n) is 1.59. The van der Waals surface area contributed by atoms with Crippen LogP contribution in [0.15, 0.2) is 12.1 Å². The Labute approximate surface area is 76.3 Å². The number of rotatable bonds is 3. The van der Waals surface area contributed by atoms with Crippen LogP contribution in [0.3, 0.4) is 0 Å². The smallest absolute Gasteiger partial charge is 0.190 e. The molecule has 1 rings (SSSR count). The summed E-state index contributed by atoms with van der Waals surface area (Å²) in [5, 5.41) is 0. The molecule has 3 heteroatoms. The van der Waals surface area contributed by atoms with Crippen LogP contribution in [0.4, 0.5) is 8.78 Å². The summed E-state index contributed by atoms with van der Waals surface area (Å²) in [6.45, 7) is 3.84. The maximum atomic E-state index is 13.1. The lowest BCUT2D eigenvalue weighted by atomic mass is 10.2. The molecule has 0 fully saturated rings. The molecule has 0 atom stereocenters. The second-order valence-electron chi connectivity index (χ2n) is 2.91. The maximum absolute atomic E-state index is 13.1. The van der Waals surface area contributed by atoms with Gasteiger partial charge in [0.25, 0.3) is 0 Å². The Bertz CT molecular complexity index is 274. The maximum Gasteiger partial charge on any atom is 0.190 e. The quantitative estimate of drug-likeness (QED) is 0.704. The molecule has 0 saturated carbocycles. The topological polar surface area (TPSA) is 9.23 Å². The first kappa shape index (κ1) is 9.96. The fourth-order valence-electron chi connectivity index (χ4n) is 1.03. The molecule has 0 spiro atoms. The van der Waals surface area contributed by atoms with Gasteiger partial charge in [0, 0.05) is 0 Å². The molecule has 0 heterocycles. The first-order valence-corrected chi connectivity index (χ1v) is 4.23. The lowest BCUT2D eigenvalue weighted by Crippen LogP contribution is -2.00. The number of hydrogen-bond acceptors (Lipinski definition) is 1. The van der Waals surface area contributed by atoms with E-state index >= 15 is 0 Å². The largest absolute Gasteiger partial charge is 0.488 e. The van der Waals surface area contributed by atoms with Crippen molar-refractivity contribution in [3.8, 4) is 5.75 Å². The van der Waals surface area contributed by atoms with Crippen molar-refractivity contribution < 1.29 is 13.5 Å². The van der Waals surface area contributed by atoms with E-state index in [2.05, 4.69) is 0 Å². The van der Waals surface area contributed by atoms with Gasteiger partial charge in [0.05, 0.1) is 6.61 Å². The molecule has 0 bridgehead atoms. The van der Waals surface area contributed by atoms with Gasteiger partial charge < -0.3 is 4.74 Å². The van der Waals surface area contributed by atoms with E-state index in [-0.39, 0.29) is 5.75 Å². The van der Waals surface area contributed by atoms with Crippen molar-refractivity contribution in [2.45, 2.75) is 20.3 Å². The van der Waals surface area contributed by atoms with Crippen molar-refractivity contribution in [3.63, 3.8) is 0 Å². The van der Waals surface area contributed by atoms with Gasteiger partial charge in [-0.1, -0.05) is 6.92 Å². The monoisotopic (exact) mass is 186 g/mol. The molecule has 0 amide bonds. The zero-order valence-electron chi connectivity index (χ0n) is 7.73. The predicted octanol–water partition coefficient (Wildman–Crippen LogP) is 3.06. The Balaban J connectivity index is 2.92. The second-order valence-corrected chi connectivity index (χ2v) is 2.91. The van der Waals surface area contributed by atoms with E-state index in [9.17, 15) is 8.78 Å². The van der Waals surface area contributed by atoms with Gasteiger partial charge in [-0.3, -0.25) is 0 Å². The van der Waals surface area contributed by atoms with Gasteiger partial charge in [0.2, 0.25) is 0 Å². The lowest BCUT2D eigenvalue weighted by molar-refractivity contribution is 0.284. The molecule has 0 radical (unpaired) electrons. The van der Waals surface area contributed by atoms with E-state index in [1.54, 1.807) is 6.92 Å². The molecular formula is C10H12F2O. The van der Waals surface area contributed by atoms with Gasteiger partial charge >= 0.3 is 0 Å². The van der Waals surface area contributed by atoms with Crippen LogP contribution in [0.1, 0.15) is 18.9 Å². The Morgan fingerprint density at radius 2 is 1.77 bits per heavy atom. The molecule has 0 N–H and O–H groups in total. The summed E-state index contributed by atoms with van der Waals surface area (Å²) in [5.74, 6) is -1.54. The lowest BCUT2D eigenvalue weighted by Gasteiger charge is -2.07. The highest BCUT2D eigenvalue weighted by molar-refractivity contribution is 5.30. The molecule has 0 saturated heterocycles. The van der Waals surface area contributed by atoms with Crippen molar-refractivity contribution in [1.82, 2.24) is 0 Å². The van der Waals surface area contributed by atoms with Gasteiger partial charge in [-0.15, -0.1) is 0 Å². The van der Waals surface area contributed by atoms with Crippen LogP contribution in [0, 0.1) is 18.6 Å². The third-order valence-corrected chi connectivity index (χ3v) is 1.59. The minimum Gasteiger partial charge on any atom is -0.488 e. The SMILES string of the molecule is CCCOc1c(F)cc(C)cc1F. The first-order valence-electron chi connectivity index (χ1n) is 4.23. The summed E-state index contributed by atoms with van der Waals surface area (Å²) in [7, 11) is 0. The van der Waals surface area contributed by atoms with Crippen molar-refractivity contribution >= 4 is 0 Å². The van der Waals surface area contributed by atoms with Crippen molar-refractivity contribution in [1.29, 1.82) is 0 Å². The number of benzene rings is 1. The predicted molar refractivity (Wildman–Crippen MR) is 46.9 cm³/mol. The average molecular weight is 186 g/mol. The standard InChI is InChI=1S/C10H12F2O/c1-3-4-13-10-8(11)5-7(2)6-9(10)12/h5-6H,3-4H2,1-2H3.